The highest BCUT2D eigenvalue weighted by Crippen LogP contribution is 2.16. The van der Waals surface area contributed by atoms with Gasteiger partial charge in [-0.2, -0.15) is 0 Å². The third-order valence-electron chi connectivity index (χ3n) is 2.01. The van der Waals surface area contributed by atoms with Crippen molar-refractivity contribution in [1.29, 1.82) is 0 Å². The fourth-order valence-electron chi connectivity index (χ4n) is 1.49. The molecule has 0 aromatic carbocycles. The minimum Gasteiger partial charge on any atom is -0.446 e. The number of fused-ring (bicyclic) bond motifs is 1. The van der Waals surface area contributed by atoms with Gasteiger partial charge in [-0.3, -0.25) is 0 Å². The first-order chi connectivity index (χ1) is 6.25. The molecule has 0 aliphatic heterocycles. The summed E-state index contributed by atoms with van der Waals surface area (Å²) < 4.78 is 5.17. The van der Waals surface area contributed by atoms with E-state index < -0.39 is 0 Å². The molecular formula is C11H13NO. The second kappa shape index (κ2) is 3.21. The lowest BCUT2D eigenvalue weighted by Crippen LogP contribution is -1.94. The van der Waals surface area contributed by atoms with Crippen molar-refractivity contribution >= 4 is 11.1 Å². The van der Waals surface area contributed by atoms with Gasteiger partial charge in [0.2, 0.25) is 5.71 Å². The van der Waals surface area contributed by atoms with Gasteiger partial charge in [-0.05, 0) is 30.0 Å². The Balaban J connectivity index is 2.37. The van der Waals surface area contributed by atoms with Crippen LogP contribution < -0.4 is 0 Å². The molecule has 0 aliphatic carbocycles. The average molecular weight is 175 g/mol. The SMILES string of the molecule is CC(C)Cc1cnc2occc2c1. The highest BCUT2D eigenvalue weighted by Gasteiger charge is 2.01. The zero-order chi connectivity index (χ0) is 9.26. The molecule has 0 spiro atoms. The quantitative estimate of drug-likeness (QED) is 0.701. The van der Waals surface area contributed by atoms with E-state index in [0.717, 1.165) is 17.5 Å². The lowest BCUT2D eigenvalue weighted by Gasteiger charge is -2.03. The summed E-state index contributed by atoms with van der Waals surface area (Å²) in [6.07, 6.45) is 4.65. The van der Waals surface area contributed by atoms with Crippen LogP contribution in [0.25, 0.3) is 11.1 Å². The number of rotatable bonds is 2. The average Bonchev–Trinajstić information content (AvgIpc) is 2.49. The molecular weight excluding hydrogens is 162 g/mol. The molecule has 2 rings (SSSR count). The Morgan fingerprint density at radius 1 is 1.46 bits per heavy atom. The van der Waals surface area contributed by atoms with E-state index in [4.69, 9.17) is 4.42 Å². The van der Waals surface area contributed by atoms with Gasteiger partial charge >= 0.3 is 0 Å². The third-order valence-corrected chi connectivity index (χ3v) is 2.01. The Morgan fingerprint density at radius 2 is 2.31 bits per heavy atom. The van der Waals surface area contributed by atoms with Crippen LogP contribution in [0.5, 0.6) is 0 Å². The fourth-order valence-corrected chi connectivity index (χ4v) is 1.49. The summed E-state index contributed by atoms with van der Waals surface area (Å²) in [6, 6.07) is 4.10. The second-order valence-electron chi connectivity index (χ2n) is 3.76. The van der Waals surface area contributed by atoms with Crippen LogP contribution in [0.4, 0.5) is 0 Å². The summed E-state index contributed by atoms with van der Waals surface area (Å²) in [5.41, 5.74) is 2.01. The third kappa shape index (κ3) is 1.72. The largest absolute Gasteiger partial charge is 0.446 e. The smallest absolute Gasteiger partial charge is 0.225 e. The van der Waals surface area contributed by atoms with E-state index in [1.165, 1.54) is 5.56 Å². The van der Waals surface area contributed by atoms with Gasteiger partial charge in [0.05, 0.1) is 6.26 Å². The monoisotopic (exact) mass is 175 g/mol. The standard InChI is InChI=1S/C11H13NO/c1-8(2)5-9-6-10-3-4-13-11(10)12-7-9/h3-4,6-8H,5H2,1-2H3. The number of hydrogen-bond acceptors (Lipinski definition) is 2. The molecule has 0 aliphatic rings. The van der Waals surface area contributed by atoms with Crippen LogP contribution >= 0.6 is 0 Å². The molecule has 2 heteroatoms. The molecule has 0 N–H and O–H groups in total. The maximum atomic E-state index is 5.17. The van der Waals surface area contributed by atoms with Crippen molar-refractivity contribution in [2.75, 3.05) is 0 Å². The Bertz CT molecular complexity index is 403. The molecule has 0 radical (unpaired) electrons. The molecule has 0 saturated heterocycles. The van der Waals surface area contributed by atoms with Crippen molar-refractivity contribution in [2.24, 2.45) is 5.92 Å². The van der Waals surface area contributed by atoms with Crippen molar-refractivity contribution < 1.29 is 4.42 Å². The normalized spacial score (nSPS) is 11.3. The summed E-state index contributed by atoms with van der Waals surface area (Å²) in [4.78, 5) is 4.23. The maximum Gasteiger partial charge on any atom is 0.225 e. The van der Waals surface area contributed by atoms with E-state index in [1.54, 1.807) is 6.26 Å². The molecule has 0 fully saturated rings. The van der Waals surface area contributed by atoms with Crippen LogP contribution in [0, 0.1) is 5.92 Å². The molecule has 0 atom stereocenters. The summed E-state index contributed by atoms with van der Waals surface area (Å²) in [6.45, 7) is 4.42. The molecule has 2 aromatic rings. The van der Waals surface area contributed by atoms with Gasteiger partial charge in [0.15, 0.2) is 0 Å². The number of nitrogens with zero attached hydrogens (tertiary/aromatic N) is 1. The lowest BCUT2D eigenvalue weighted by molar-refractivity contribution is 0.601. The zero-order valence-electron chi connectivity index (χ0n) is 7.95. The van der Waals surface area contributed by atoms with E-state index in [-0.39, 0.29) is 0 Å². The van der Waals surface area contributed by atoms with Crippen molar-refractivity contribution in [3.8, 4) is 0 Å². The van der Waals surface area contributed by atoms with E-state index in [2.05, 4.69) is 24.9 Å². The molecule has 0 unspecified atom stereocenters. The minimum absolute atomic E-state index is 0.672. The van der Waals surface area contributed by atoms with E-state index >= 15 is 0 Å². The zero-order valence-corrected chi connectivity index (χ0v) is 7.95. The Hall–Kier alpha value is -1.31. The van der Waals surface area contributed by atoms with Crippen LogP contribution in [0.15, 0.2) is 29.0 Å². The van der Waals surface area contributed by atoms with Gasteiger partial charge in [-0.15, -0.1) is 0 Å². The fraction of sp³-hybridized carbons (Fsp3) is 0.364. The predicted molar refractivity (Wildman–Crippen MR) is 52.6 cm³/mol. The van der Waals surface area contributed by atoms with Gasteiger partial charge in [0, 0.05) is 11.6 Å². The Labute approximate surface area is 77.6 Å². The summed E-state index contributed by atoms with van der Waals surface area (Å²) >= 11 is 0. The predicted octanol–water partition coefficient (Wildman–Crippen LogP) is 3.03. The summed E-state index contributed by atoms with van der Waals surface area (Å²) in [5.74, 6) is 0.672. The molecule has 0 amide bonds. The first-order valence-electron chi connectivity index (χ1n) is 4.58. The molecule has 13 heavy (non-hydrogen) atoms. The molecule has 0 saturated carbocycles. The van der Waals surface area contributed by atoms with Crippen LogP contribution in [0.1, 0.15) is 19.4 Å². The first-order valence-corrected chi connectivity index (χ1v) is 4.58. The van der Waals surface area contributed by atoms with Crippen LogP contribution in [0.2, 0.25) is 0 Å². The molecule has 2 nitrogen and oxygen atoms in total. The van der Waals surface area contributed by atoms with Gasteiger partial charge < -0.3 is 4.42 Å². The second-order valence-corrected chi connectivity index (χ2v) is 3.76. The summed E-state index contributed by atoms with van der Waals surface area (Å²) in [7, 11) is 0. The van der Waals surface area contributed by atoms with E-state index in [1.807, 2.05) is 12.3 Å². The molecule has 2 heterocycles. The van der Waals surface area contributed by atoms with E-state index in [9.17, 15) is 0 Å². The minimum atomic E-state index is 0.672. The number of aromatic nitrogens is 1. The van der Waals surface area contributed by atoms with Crippen LogP contribution in [-0.2, 0) is 6.42 Å². The van der Waals surface area contributed by atoms with Gasteiger partial charge in [-0.1, -0.05) is 13.8 Å². The van der Waals surface area contributed by atoms with Gasteiger partial charge in [0.1, 0.15) is 0 Å². The van der Waals surface area contributed by atoms with Gasteiger partial charge in [-0.25, -0.2) is 4.98 Å². The van der Waals surface area contributed by atoms with Crippen LogP contribution in [0.3, 0.4) is 0 Å². The highest BCUT2D eigenvalue weighted by molar-refractivity contribution is 5.73. The van der Waals surface area contributed by atoms with Crippen molar-refractivity contribution in [2.45, 2.75) is 20.3 Å². The van der Waals surface area contributed by atoms with Crippen molar-refractivity contribution in [1.82, 2.24) is 4.98 Å². The van der Waals surface area contributed by atoms with Crippen molar-refractivity contribution in [3.05, 3.63) is 30.2 Å². The van der Waals surface area contributed by atoms with E-state index in [0.29, 0.717) is 5.92 Å². The highest BCUT2D eigenvalue weighted by atomic mass is 16.3. The van der Waals surface area contributed by atoms with Gasteiger partial charge in [0.25, 0.3) is 0 Å². The molecule has 0 bridgehead atoms. The molecule has 2 aromatic heterocycles. The van der Waals surface area contributed by atoms with Crippen molar-refractivity contribution in [3.63, 3.8) is 0 Å². The number of pyridine rings is 1. The summed E-state index contributed by atoms with van der Waals surface area (Å²) in [5, 5.41) is 1.10. The first kappa shape index (κ1) is 8.30. The topological polar surface area (TPSA) is 26.0 Å². The number of furan rings is 1. The van der Waals surface area contributed by atoms with Crippen LogP contribution in [-0.4, -0.2) is 4.98 Å². The maximum absolute atomic E-state index is 5.17. The lowest BCUT2D eigenvalue weighted by atomic mass is 10.0. The number of hydrogen-bond donors (Lipinski definition) is 0. The molecule has 68 valence electrons. The Kier molecular flexibility index (Phi) is 2.05. The Morgan fingerprint density at radius 3 is 3.08 bits per heavy atom.